The molecule has 4 aromatic rings. The smallest absolute Gasteiger partial charge is 0.267 e. The largest absolute Gasteiger partial charge is 0.497 e. The molecule has 4 rings (SSSR count). The highest BCUT2D eigenvalue weighted by atomic mass is 79.9. The first-order valence-corrected chi connectivity index (χ1v) is 11.5. The summed E-state index contributed by atoms with van der Waals surface area (Å²) < 4.78 is 53.1. The van der Waals surface area contributed by atoms with Crippen LogP contribution in [0.2, 0.25) is 0 Å². The number of hydrogen-bond donors (Lipinski definition) is 1. The molecule has 0 atom stereocenters. The van der Waals surface area contributed by atoms with Gasteiger partial charge >= 0.3 is 0 Å². The fourth-order valence-electron chi connectivity index (χ4n) is 3.22. The molecule has 0 radical (unpaired) electrons. The molecular weight excluding hydrogens is 504 g/mol. The summed E-state index contributed by atoms with van der Waals surface area (Å²) in [6.07, 6.45) is 1.71. The Kier molecular flexibility index (Phi) is 5.73. The summed E-state index contributed by atoms with van der Waals surface area (Å²) in [4.78, 5) is -0.111. The SMILES string of the molecule is COc1cc(OC)c(S(=O)(=O)Nc2noc3cc(Br)c(OC)cc23)c(-c2ccn(C)n2)c1. The van der Waals surface area contributed by atoms with Crippen molar-refractivity contribution in [1.82, 2.24) is 14.9 Å². The van der Waals surface area contributed by atoms with Crippen LogP contribution in [0.25, 0.3) is 22.2 Å². The highest BCUT2D eigenvalue weighted by Crippen LogP contribution is 2.40. The second-order valence-electron chi connectivity index (χ2n) is 6.70. The minimum absolute atomic E-state index is 0.00985. The maximum atomic E-state index is 13.6. The molecule has 2 aromatic carbocycles. The average Bonchev–Trinajstić information content (AvgIpc) is 3.37. The fraction of sp³-hybridized carbons (Fsp3) is 0.200. The lowest BCUT2D eigenvalue weighted by Crippen LogP contribution is -2.16. The van der Waals surface area contributed by atoms with Gasteiger partial charge in [-0.05, 0) is 34.1 Å². The lowest BCUT2D eigenvalue weighted by Gasteiger charge is -2.15. The highest BCUT2D eigenvalue weighted by molar-refractivity contribution is 9.10. The minimum Gasteiger partial charge on any atom is -0.497 e. The molecule has 1 N–H and O–H groups in total. The zero-order valence-electron chi connectivity index (χ0n) is 17.5. The minimum atomic E-state index is -4.20. The number of methoxy groups -OCH3 is 3. The van der Waals surface area contributed by atoms with Gasteiger partial charge in [-0.3, -0.25) is 9.40 Å². The molecule has 0 bridgehead atoms. The lowest BCUT2D eigenvalue weighted by atomic mass is 10.1. The van der Waals surface area contributed by atoms with Gasteiger partial charge in [0.25, 0.3) is 10.0 Å². The summed E-state index contributed by atoms with van der Waals surface area (Å²) in [6.45, 7) is 0. The van der Waals surface area contributed by atoms with Gasteiger partial charge in [0.2, 0.25) is 0 Å². The van der Waals surface area contributed by atoms with Gasteiger partial charge in [0.05, 0.1) is 36.9 Å². The van der Waals surface area contributed by atoms with E-state index in [1.54, 1.807) is 42.2 Å². The number of aromatic nitrogens is 3. The number of hydrogen-bond acceptors (Lipinski definition) is 8. The van der Waals surface area contributed by atoms with Crippen LogP contribution in [0, 0.1) is 0 Å². The summed E-state index contributed by atoms with van der Waals surface area (Å²) in [7, 11) is 1.91. The summed E-state index contributed by atoms with van der Waals surface area (Å²) >= 11 is 3.37. The maximum absolute atomic E-state index is 13.6. The standard InChI is InChI=1S/C20H19BrN4O6S/c1-25-6-5-15(22-25)12-7-11(28-2)8-18(30-4)19(12)32(26,27)24-20-13-9-17(29-3)14(21)10-16(13)31-23-20/h5-10H,1-4H3,(H,23,24). The van der Waals surface area contributed by atoms with Crippen molar-refractivity contribution in [3.05, 3.63) is 41.0 Å². The van der Waals surface area contributed by atoms with Crippen molar-refractivity contribution in [1.29, 1.82) is 0 Å². The third-order valence-electron chi connectivity index (χ3n) is 4.72. The Morgan fingerprint density at radius 2 is 1.81 bits per heavy atom. The Bertz CT molecular complexity index is 1410. The van der Waals surface area contributed by atoms with Gasteiger partial charge in [0, 0.05) is 30.9 Å². The zero-order chi connectivity index (χ0) is 23.0. The highest BCUT2D eigenvalue weighted by Gasteiger charge is 2.29. The molecule has 10 nitrogen and oxygen atoms in total. The summed E-state index contributed by atoms with van der Waals surface area (Å²) in [5, 5.41) is 8.67. The Hall–Kier alpha value is -3.25. The van der Waals surface area contributed by atoms with Gasteiger partial charge in [-0.15, -0.1) is 0 Å². The number of rotatable bonds is 7. The number of benzene rings is 2. The van der Waals surface area contributed by atoms with E-state index in [2.05, 4.69) is 30.9 Å². The van der Waals surface area contributed by atoms with Crippen molar-refractivity contribution >= 4 is 42.7 Å². The molecule has 32 heavy (non-hydrogen) atoms. The van der Waals surface area contributed by atoms with E-state index < -0.39 is 10.0 Å². The van der Waals surface area contributed by atoms with Crippen LogP contribution in [-0.4, -0.2) is 44.7 Å². The first kappa shape index (κ1) is 22.0. The Labute approximate surface area is 192 Å². The van der Waals surface area contributed by atoms with E-state index in [9.17, 15) is 8.42 Å². The van der Waals surface area contributed by atoms with E-state index in [-0.39, 0.29) is 16.5 Å². The molecule has 2 heterocycles. The first-order valence-electron chi connectivity index (χ1n) is 9.19. The number of nitrogens with one attached hydrogen (secondary N) is 1. The molecule has 0 fully saturated rings. The molecule has 12 heteroatoms. The molecule has 2 aromatic heterocycles. The van der Waals surface area contributed by atoms with E-state index >= 15 is 0 Å². The van der Waals surface area contributed by atoms with Crippen LogP contribution in [-0.2, 0) is 17.1 Å². The van der Waals surface area contributed by atoms with Crippen molar-refractivity contribution in [3.8, 4) is 28.5 Å². The summed E-state index contributed by atoms with van der Waals surface area (Å²) in [5.74, 6) is 1.02. The zero-order valence-corrected chi connectivity index (χ0v) is 19.9. The monoisotopic (exact) mass is 522 g/mol. The van der Waals surface area contributed by atoms with Crippen LogP contribution < -0.4 is 18.9 Å². The van der Waals surface area contributed by atoms with Crippen molar-refractivity contribution in [2.24, 2.45) is 7.05 Å². The second-order valence-corrected chi connectivity index (χ2v) is 9.17. The van der Waals surface area contributed by atoms with Crippen LogP contribution in [0.1, 0.15) is 0 Å². The van der Waals surface area contributed by atoms with E-state index in [1.807, 2.05) is 0 Å². The van der Waals surface area contributed by atoms with Gasteiger partial charge < -0.3 is 18.7 Å². The number of nitrogens with zero attached hydrogens (tertiary/aromatic N) is 3. The van der Waals surface area contributed by atoms with Crippen LogP contribution in [0.3, 0.4) is 0 Å². The van der Waals surface area contributed by atoms with Gasteiger partial charge in [-0.1, -0.05) is 5.16 Å². The van der Waals surface area contributed by atoms with Crippen LogP contribution in [0.4, 0.5) is 5.82 Å². The second kappa shape index (κ2) is 8.36. The Balaban J connectivity index is 1.88. The van der Waals surface area contributed by atoms with Gasteiger partial charge in [0.1, 0.15) is 22.1 Å². The number of halogens is 1. The molecule has 0 aliphatic heterocycles. The Morgan fingerprint density at radius 1 is 1.06 bits per heavy atom. The van der Waals surface area contributed by atoms with Gasteiger partial charge in [-0.25, -0.2) is 8.42 Å². The number of aryl methyl sites for hydroxylation is 1. The fourth-order valence-corrected chi connectivity index (χ4v) is 5.07. The number of ether oxygens (including phenoxy) is 3. The molecule has 0 saturated carbocycles. The molecule has 0 amide bonds. The molecule has 0 unspecified atom stereocenters. The van der Waals surface area contributed by atoms with Crippen LogP contribution >= 0.6 is 15.9 Å². The molecule has 0 saturated heterocycles. The van der Waals surface area contributed by atoms with E-state index in [0.717, 1.165) is 0 Å². The van der Waals surface area contributed by atoms with Crippen molar-refractivity contribution in [2.75, 3.05) is 26.1 Å². The number of fused-ring (bicyclic) bond motifs is 1. The van der Waals surface area contributed by atoms with E-state index in [1.165, 1.54) is 27.4 Å². The van der Waals surface area contributed by atoms with Crippen molar-refractivity contribution in [3.63, 3.8) is 0 Å². The number of anilines is 1. The Morgan fingerprint density at radius 3 is 2.44 bits per heavy atom. The van der Waals surface area contributed by atoms with Gasteiger partial charge in [-0.2, -0.15) is 5.10 Å². The van der Waals surface area contributed by atoms with Crippen molar-refractivity contribution in [2.45, 2.75) is 4.90 Å². The quantitative estimate of drug-likeness (QED) is 0.389. The summed E-state index contributed by atoms with van der Waals surface area (Å²) in [6, 6.07) is 8.04. The lowest BCUT2D eigenvalue weighted by molar-refractivity contribution is 0.386. The predicted molar refractivity (Wildman–Crippen MR) is 121 cm³/mol. The van der Waals surface area contributed by atoms with Crippen LogP contribution in [0.15, 0.2) is 50.4 Å². The number of sulfonamides is 1. The average molecular weight is 523 g/mol. The third kappa shape index (κ3) is 3.86. The maximum Gasteiger partial charge on any atom is 0.267 e. The van der Waals surface area contributed by atoms with Crippen molar-refractivity contribution < 1.29 is 27.2 Å². The summed E-state index contributed by atoms with van der Waals surface area (Å²) in [5.41, 5.74) is 1.12. The third-order valence-corrected chi connectivity index (χ3v) is 6.76. The van der Waals surface area contributed by atoms with E-state index in [0.29, 0.717) is 38.2 Å². The molecule has 168 valence electrons. The topological polar surface area (TPSA) is 118 Å². The van der Waals surface area contributed by atoms with Gasteiger partial charge in [0.15, 0.2) is 11.4 Å². The van der Waals surface area contributed by atoms with Crippen LogP contribution in [0.5, 0.6) is 17.2 Å². The first-order chi connectivity index (χ1) is 15.3. The predicted octanol–water partition coefficient (Wildman–Crippen LogP) is 3.82. The molecule has 0 spiro atoms. The normalized spacial score (nSPS) is 11.5. The molecule has 0 aliphatic carbocycles. The van der Waals surface area contributed by atoms with E-state index in [4.69, 9.17) is 18.7 Å². The molecule has 0 aliphatic rings. The molecular formula is C20H19BrN4O6S.